The van der Waals surface area contributed by atoms with Crippen LogP contribution in [0, 0.1) is 0 Å². The number of carbonyl (C=O) groups is 3. The van der Waals surface area contributed by atoms with Crippen LogP contribution in [0.15, 0.2) is 146 Å². The normalized spacial score (nSPS) is 13.1. The van der Waals surface area contributed by atoms with Crippen LogP contribution in [0.4, 0.5) is 0 Å². The molecule has 1 atom stereocenters. The minimum Gasteiger partial charge on any atom is -0.462 e. The van der Waals surface area contributed by atoms with Gasteiger partial charge in [0, 0.05) is 19.3 Å². The molecule has 0 rings (SSSR count). The van der Waals surface area contributed by atoms with Crippen LogP contribution in [0.25, 0.3) is 0 Å². The van der Waals surface area contributed by atoms with Gasteiger partial charge in [-0.2, -0.15) is 0 Å². The zero-order valence-corrected chi connectivity index (χ0v) is 51.8. The molecule has 0 aliphatic heterocycles. The SMILES string of the molecule is CC/C=C\C/C=C\C/C=C\C/C=C\C/C=C\C/C=C\C/C=C\C/C=C\CCCCCCC(=O)OCC(COC(=O)CCCCCCCCCCCCCCCCCC)OC(=O)CCCCCC/C=C\C/C=C\C/C=C\C/C=C\CC. The summed E-state index contributed by atoms with van der Waals surface area (Å²) in [5.74, 6) is -0.946. The molecule has 0 aliphatic rings. The Labute approximate surface area is 493 Å². The molecular formula is C74H120O6. The molecule has 80 heavy (non-hydrogen) atoms. The lowest BCUT2D eigenvalue weighted by molar-refractivity contribution is -0.167. The molecule has 0 aliphatic carbocycles. The Kier molecular flexibility index (Phi) is 62.9. The van der Waals surface area contributed by atoms with Gasteiger partial charge >= 0.3 is 17.9 Å². The summed E-state index contributed by atoms with van der Waals surface area (Å²) in [5, 5.41) is 0. The Morgan fingerprint density at radius 1 is 0.263 bits per heavy atom. The van der Waals surface area contributed by atoms with Crippen molar-refractivity contribution < 1.29 is 28.6 Å². The van der Waals surface area contributed by atoms with Crippen molar-refractivity contribution in [3.8, 4) is 0 Å². The van der Waals surface area contributed by atoms with E-state index in [1.807, 2.05) is 0 Å². The van der Waals surface area contributed by atoms with Crippen LogP contribution in [-0.2, 0) is 28.6 Å². The van der Waals surface area contributed by atoms with Crippen molar-refractivity contribution in [2.45, 2.75) is 290 Å². The maximum absolute atomic E-state index is 12.9. The van der Waals surface area contributed by atoms with Crippen LogP contribution < -0.4 is 0 Å². The summed E-state index contributed by atoms with van der Waals surface area (Å²) >= 11 is 0. The summed E-state index contributed by atoms with van der Waals surface area (Å²) in [6, 6.07) is 0. The van der Waals surface area contributed by atoms with Crippen molar-refractivity contribution in [3.63, 3.8) is 0 Å². The average molecular weight is 1110 g/mol. The van der Waals surface area contributed by atoms with E-state index in [1.165, 1.54) is 83.5 Å². The van der Waals surface area contributed by atoms with Crippen LogP contribution in [0.5, 0.6) is 0 Å². The van der Waals surface area contributed by atoms with E-state index in [1.54, 1.807) is 0 Å². The van der Waals surface area contributed by atoms with E-state index in [-0.39, 0.29) is 31.1 Å². The van der Waals surface area contributed by atoms with E-state index in [9.17, 15) is 14.4 Å². The first-order chi connectivity index (χ1) is 39.5. The number of carbonyl (C=O) groups excluding carboxylic acids is 3. The van der Waals surface area contributed by atoms with Crippen molar-refractivity contribution in [2.75, 3.05) is 13.2 Å². The Hall–Kier alpha value is -4.71. The van der Waals surface area contributed by atoms with Gasteiger partial charge in [0.2, 0.25) is 0 Å². The topological polar surface area (TPSA) is 78.9 Å². The number of ether oxygens (including phenoxy) is 3. The zero-order chi connectivity index (χ0) is 57.8. The molecule has 6 nitrogen and oxygen atoms in total. The molecule has 0 fully saturated rings. The minimum atomic E-state index is -0.808. The predicted octanol–water partition coefficient (Wildman–Crippen LogP) is 22.7. The van der Waals surface area contributed by atoms with Crippen molar-refractivity contribution in [3.05, 3.63) is 146 Å². The van der Waals surface area contributed by atoms with Crippen molar-refractivity contribution in [1.29, 1.82) is 0 Å². The highest BCUT2D eigenvalue weighted by Crippen LogP contribution is 2.16. The standard InChI is InChI=1S/C74H120O6/c1-4-7-10-13-16-19-22-25-28-31-32-33-34-35-36-37-38-39-40-41-42-44-46-49-52-55-58-61-64-67-73(76)79-70-71(69-78-72(75)66-63-60-57-54-51-48-45-30-27-24-21-18-15-12-9-6-3)80-74(77)68-65-62-59-56-53-50-47-43-29-26-23-20-17-14-11-8-5-2/h7-8,10-11,16-17,19-20,25-26,28-29,32-33,35-36,38-39,41-42,46-47,49-50,71H,4-6,9,12-15,18,21-24,27,30-31,34,37,40,43-45,48,51-70H2,1-3H3/b10-7-,11-8-,19-16-,20-17-,28-25-,29-26-,33-32-,36-35-,39-38-,42-41-,49-46-,50-47-. The van der Waals surface area contributed by atoms with Gasteiger partial charge in [-0.15, -0.1) is 0 Å². The van der Waals surface area contributed by atoms with E-state index in [4.69, 9.17) is 14.2 Å². The number of hydrogen-bond donors (Lipinski definition) is 0. The maximum atomic E-state index is 12.9. The molecule has 0 aromatic carbocycles. The van der Waals surface area contributed by atoms with Gasteiger partial charge in [0.15, 0.2) is 6.10 Å². The number of allylic oxidation sites excluding steroid dienone is 24. The van der Waals surface area contributed by atoms with Gasteiger partial charge in [0.25, 0.3) is 0 Å². The third-order valence-electron chi connectivity index (χ3n) is 13.6. The fourth-order valence-corrected chi connectivity index (χ4v) is 8.74. The molecule has 0 aromatic heterocycles. The fourth-order valence-electron chi connectivity index (χ4n) is 8.74. The average Bonchev–Trinajstić information content (AvgIpc) is 3.46. The van der Waals surface area contributed by atoms with Crippen LogP contribution in [-0.4, -0.2) is 37.2 Å². The van der Waals surface area contributed by atoms with Gasteiger partial charge in [-0.3, -0.25) is 14.4 Å². The number of unbranched alkanes of at least 4 members (excludes halogenated alkanes) is 23. The van der Waals surface area contributed by atoms with Crippen molar-refractivity contribution in [2.24, 2.45) is 0 Å². The third-order valence-corrected chi connectivity index (χ3v) is 13.6. The molecule has 0 N–H and O–H groups in total. The quantitative estimate of drug-likeness (QED) is 0.0261. The van der Waals surface area contributed by atoms with E-state index in [2.05, 4.69) is 167 Å². The van der Waals surface area contributed by atoms with Crippen LogP contribution in [0.2, 0.25) is 0 Å². The van der Waals surface area contributed by atoms with Gasteiger partial charge in [-0.25, -0.2) is 0 Å². The maximum Gasteiger partial charge on any atom is 0.306 e. The van der Waals surface area contributed by atoms with Gasteiger partial charge < -0.3 is 14.2 Å². The lowest BCUT2D eigenvalue weighted by Gasteiger charge is -2.18. The number of hydrogen-bond acceptors (Lipinski definition) is 6. The number of rotatable bonds is 58. The molecule has 0 heterocycles. The number of esters is 3. The summed E-state index contributed by atoms with van der Waals surface area (Å²) in [5.41, 5.74) is 0. The molecule has 0 radical (unpaired) electrons. The molecular weight excluding hydrogens is 985 g/mol. The molecule has 1 unspecified atom stereocenters. The lowest BCUT2D eigenvalue weighted by atomic mass is 10.0. The Balaban J connectivity index is 4.44. The highest BCUT2D eigenvalue weighted by molar-refractivity contribution is 5.71. The van der Waals surface area contributed by atoms with Gasteiger partial charge in [-0.05, 0) is 122 Å². The van der Waals surface area contributed by atoms with Crippen molar-refractivity contribution in [1.82, 2.24) is 0 Å². The molecule has 0 saturated heterocycles. The summed E-state index contributed by atoms with van der Waals surface area (Å²) in [6.07, 6.45) is 95.6. The van der Waals surface area contributed by atoms with E-state index in [0.29, 0.717) is 19.3 Å². The molecule has 0 amide bonds. The van der Waals surface area contributed by atoms with Crippen LogP contribution >= 0.6 is 0 Å². The highest BCUT2D eigenvalue weighted by Gasteiger charge is 2.19. The smallest absolute Gasteiger partial charge is 0.306 e. The summed E-state index contributed by atoms with van der Waals surface area (Å²) < 4.78 is 16.9. The third kappa shape index (κ3) is 64.1. The second-order valence-electron chi connectivity index (χ2n) is 21.3. The lowest BCUT2D eigenvalue weighted by Crippen LogP contribution is -2.30. The minimum absolute atomic E-state index is 0.0988. The monoisotopic (exact) mass is 1100 g/mol. The second kappa shape index (κ2) is 66.8. The molecule has 6 heteroatoms. The van der Waals surface area contributed by atoms with E-state index in [0.717, 1.165) is 161 Å². The largest absolute Gasteiger partial charge is 0.462 e. The van der Waals surface area contributed by atoms with Crippen LogP contribution in [0.1, 0.15) is 284 Å². The molecule has 0 aromatic rings. The molecule has 0 bridgehead atoms. The van der Waals surface area contributed by atoms with Crippen LogP contribution in [0.3, 0.4) is 0 Å². The molecule has 452 valence electrons. The first kappa shape index (κ1) is 75.3. The van der Waals surface area contributed by atoms with Gasteiger partial charge in [-0.1, -0.05) is 289 Å². The first-order valence-electron chi connectivity index (χ1n) is 32.8. The Morgan fingerprint density at radius 2 is 0.487 bits per heavy atom. The zero-order valence-electron chi connectivity index (χ0n) is 51.8. The van der Waals surface area contributed by atoms with Gasteiger partial charge in [0.05, 0.1) is 0 Å². The Morgan fingerprint density at radius 3 is 0.762 bits per heavy atom. The second-order valence-corrected chi connectivity index (χ2v) is 21.3. The summed E-state index contributed by atoms with van der Waals surface area (Å²) in [7, 11) is 0. The predicted molar refractivity (Wildman–Crippen MR) is 348 cm³/mol. The van der Waals surface area contributed by atoms with Gasteiger partial charge in [0.1, 0.15) is 13.2 Å². The van der Waals surface area contributed by atoms with Crippen molar-refractivity contribution >= 4 is 17.9 Å². The summed E-state index contributed by atoms with van der Waals surface area (Å²) in [4.78, 5) is 38.4. The highest BCUT2D eigenvalue weighted by atomic mass is 16.6. The van der Waals surface area contributed by atoms with E-state index < -0.39 is 6.10 Å². The molecule has 0 saturated carbocycles. The molecule has 0 spiro atoms. The fraction of sp³-hybridized carbons (Fsp3) is 0.635. The first-order valence-corrected chi connectivity index (χ1v) is 32.8. The van der Waals surface area contributed by atoms with E-state index >= 15 is 0 Å². The Bertz CT molecular complexity index is 1750. The summed E-state index contributed by atoms with van der Waals surface area (Å²) in [6.45, 7) is 6.39.